The lowest BCUT2D eigenvalue weighted by molar-refractivity contribution is 0.589. The molecule has 0 saturated carbocycles. The van der Waals surface area contributed by atoms with Crippen LogP contribution >= 0.6 is 11.6 Å². The summed E-state index contributed by atoms with van der Waals surface area (Å²) in [6.07, 6.45) is 3.43. The molecule has 0 radical (unpaired) electrons. The first-order valence-corrected chi connectivity index (χ1v) is 5.53. The number of rotatable bonds is 5. The second kappa shape index (κ2) is 5.93. The average molecular weight is 228 g/mol. The van der Waals surface area contributed by atoms with Crippen molar-refractivity contribution in [1.82, 2.24) is 10.3 Å². The molecule has 0 spiro atoms. The third kappa shape index (κ3) is 4.06. The molecule has 1 aromatic rings. The van der Waals surface area contributed by atoms with Crippen LogP contribution in [0.25, 0.3) is 0 Å². The lowest BCUT2D eigenvalue weighted by atomic mass is 10.3. The minimum Gasteiger partial charge on any atom is -0.372 e. The molecule has 1 heterocycles. The highest BCUT2D eigenvalue weighted by molar-refractivity contribution is 6.33. The maximum atomic E-state index is 6.04. The number of halogens is 1. The van der Waals surface area contributed by atoms with E-state index in [2.05, 4.69) is 29.0 Å². The quantitative estimate of drug-likeness (QED) is 0.836. The average Bonchev–Trinajstić information content (AvgIpc) is 2.17. The van der Waals surface area contributed by atoms with Crippen LogP contribution in [0.5, 0.6) is 0 Å². The first kappa shape index (κ1) is 12.3. The molecule has 0 saturated heterocycles. The predicted molar refractivity (Wildman–Crippen MR) is 65.7 cm³/mol. The van der Waals surface area contributed by atoms with Crippen molar-refractivity contribution < 1.29 is 0 Å². The number of pyridine rings is 1. The zero-order chi connectivity index (χ0) is 11.3. The molecule has 0 fully saturated rings. The summed E-state index contributed by atoms with van der Waals surface area (Å²) in [5.41, 5.74) is 1.03. The molecular weight excluding hydrogens is 210 g/mol. The van der Waals surface area contributed by atoms with Crippen LogP contribution in [-0.4, -0.2) is 31.2 Å². The molecule has 0 unspecified atom stereocenters. The highest BCUT2D eigenvalue weighted by Crippen LogP contribution is 2.22. The number of hydrogen-bond donors (Lipinski definition) is 1. The molecule has 84 valence electrons. The third-order valence-electron chi connectivity index (χ3n) is 2.16. The standard InChI is InChI=1S/C11H18ClN3/c1-9(2)14-6-7-15(3)11-4-5-13-8-10(11)12/h4-5,8-9,14H,6-7H2,1-3H3. The molecule has 0 aliphatic rings. The van der Waals surface area contributed by atoms with E-state index < -0.39 is 0 Å². The van der Waals surface area contributed by atoms with Crippen LogP contribution in [0.3, 0.4) is 0 Å². The summed E-state index contributed by atoms with van der Waals surface area (Å²) < 4.78 is 0. The van der Waals surface area contributed by atoms with Gasteiger partial charge in [-0.1, -0.05) is 25.4 Å². The van der Waals surface area contributed by atoms with Crippen molar-refractivity contribution in [3.05, 3.63) is 23.5 Å². The van der Waals surface area contributed by atoms with Crippen molar-refractivity contribution in [2.24, 2.45) is 0 Å². The van der Waals surface area contributed by atoms with Gasteiger partial charge in [-0.3, -0.25) is 4.98 Å². The van der Waals surface area contributed by atoms with E-state index in [0.29, 0.717) is 11.1 Å². The van der Waals surface area contributed by atoms with E-state index in [-0.39, 0.29) is 0 Å². The number of likely N-dealkylation sites (N-methyl/N-ethyl adjacent to an activating group) is 1. The summed E-state index contributed by atoms with van der Waals surface area (Å²) in [7, 11) is 2.03. The van der Waals surface area contributed by atoms with Crippen molar-refractivity contribution in [2.75, 3.05) is 25.0 Å². The van der Waals surface area contributed by atoms with E-state index in [4.69, 9.17) is 11.6 Å². The summed E-state index contributed by atoms with van der Waals surface area (Å²) in [5.74, 6) is 0. The lowest BCUT2D eigenvalue weighted by Gasteiger charge is -2.21. The summed E-state index contributed by atoms with van der Waals surface area (Å²) in [5, 5.41) is 4.06. The van der Waals surface area contributed by atoms with E-state index >= 15 is 0 Å². The van der Waals surface area contributed by atoms with Crippen molar-refractivity contribution in [3.63, 3.8) is 0 Å². The fourth-order valence-electron chi connectivity index (χ4n) is 1.32. The Bertz CT molecular complexity index is 302. The topological polar surface area (TPSA) is 28.2 Å². The highest BCUT2D eigenvalue weighted by Gasteiger charge is 2.04. The van der Waals surface area contributed by atoms with Crippen LogP contribution in [0, 0.1) is 0 Å². The first-order chi connectivity index (χ1) is 7.11. The molecule has 0 aliphatic heterocycles. The smallest absolute Gasteiger partial charge is 0.0822 e. The van der Waals surface area contributed by atoms with Crippen LogP contribution in [-0.2, 0) is 0 Å². The number of aromatic nitrogens is 1. The van der Waals surface area contributed by atoms with Gasteiger partial charge in [0, 0.05) is 38.6 Å². The van der Waals surface area contributed by atoms with Crippen molar-refractivity contribution in [1.29, 1.82) is 0 Å². The minimum absolute atomic E-state index is 0.520. The van der Waals surface area contributed by atoms with Gasteiger partial charge in [-0.25, -0.2) is 0 Å². The molecule has 0 atom stereocenters. The number of nitrogens with one attached hydrogen (secondary N) is 1. The molecule has 0 bridgehead atoms. The fourth-order valence-corrected chi connectivity index (χ4v) is 1.58. The second-order valence-electron chi connectivity index (χ2n) is 3.86. The van der Waals surface area contributed by atoms with Gasteiger partial charge in [0.05, 0.1) is 10.7 Å². The lowest BCUT2D eigenvalue weighted by Crippen LogP contribution is -2.32. The fraction of sp³-hybridized carbons (Fsp3) is 0.545. The highest BCUT2D eigenvalue weighted by atomic mass is 35.5. The van der Waals surface area contributed by atoms with Gasteiger partial charge in [0.1, 0.15) is 0 Å². The van der Waals surface area contributed by atoms with E-state index in [9.17, 15) is 0 Å². The monoisotopic (exact) mass is 227 g/mol. The van der Waals surface area contributed by atoms with Gasteiger partial charge in [-0.15, -0.1) is 0 Å². The molecule has 3 nitrogen and oxygen atoms in total. The van der Waals surface area contributed by atoms with Crippen LogP contribution in [0.2, 0.25) is 5.02 Å². The van der Waals surface area contributed by atoms with Crippen LogP contribution < -0.4 is 10.2 Å². The predicted octanol–water partition coefficient (Wildman–Crippen LogP) is 2.17. The summed E-state index contributed by atoms with van der Waals surface area (Å²) in [6, 6.07) is 2.45. The molecular formula is C11H18ClN3. The van der Waals surface area contributed by atoms with Gasteiger partial charge < -0.3 is 10.2 Å². The Labute approximate surface area is 96.5 Å². The summed E-state index contributed by atoms with van der Waals surface area (Å²) in [4.78, 5) is 6.09. The van der Waals surface area contributed by atoms with E-state index in [1.165, 1.54) is 0 Å². The van der Waals surface area contributed by atoms with Gasteiger partial charge in [-0.05, 0) is 6.07 Å². The maximum Gasteiger partial charge on any atom is 0.0822 e. The normalized spacial score (nSPS) is 10.7. The molecule has 1 aromatic heterocycles. The molecule has 4 heteroatoms. The summed E-state index contributed by atoms with van der Waals surface area (Å²) >= 11 is 6.04. The van der Waals surface area contributed by atoms with Gasteiger partial charge in [-0.2, -0.15) is 0 Å². The number of nitrogens with zero attached hydrogens (tertiary/aromatic N) is 2. The van der Waals surface area contributed by atoms with Gasteiger partial charge in [0.15, 0.2) is 0 Å². The molecule has 0 aliphatic carbocycles. The van der Waals surface area contributed by atoms with Crippen molar-refractivity contribution >= 4 is 17.3 Å². The Kier molecular flexibility index (Phi) is 4.85. The Morgan fingerprint density at radius 1 is 1.53 bits per heavy atom. The van der Waals surface area contributed by atoms with E-state index in [1.807, 2.05) is 13.1 Å². The van der Waals surface area contributed by atoms with Gasteiger partial charge in [0.25, 0.3) is 0 Å². The van der Waals surface area contributed by atoms with Gasteiger partial charge in [0.2, 0.25) is 0 Å². The molecule has 0 amide bonds. The van der Waals surface area contributed by atoms with Crippen molar-refractivity contribution in [3.8, 4) is 0 Å². The zero-order valence-corrected chi connectivity index (χ0v) is 10.3. The molecule has 0 aromatic carbocycles. The van der Waals surface area contributed by atoms with Crippen LogP contribution in [0.4, 0.5) is 5.69 Å². The third-order valence-corrected chi connectivity index (χ3v) is 2.45. The van der Waals surface area contributed by atoms with E-state index in [1.54, 1.807) is 12.4 Å². The molecule has 1 N–H and O–H groups in total. The molecule has 1 rings (SSSR count). The Morgan fingerprint density at radius 2 is 2.27 bits per heavy atom. The Hall–Kier alpha value is -0.800. The summed E-state index contributed by atoms with van der Waals surface area (Å²) in [6.45, 7) is 6.16. The number of anilines is 1. The van der Waals surface area contributed by atoms with E-state index in [0.717, 1.165) is 18.8 Å². The van der Waals surface area contributed by atoms with Crippen molar-refractivity contribution in [2.45, 2.75) is 19.9 Å². The number of hydrogen-bond acceptors (Lipinski definition) is 3. The molecule has 15 heavy (non-hydrogen) atoms. The maximum absolute atomic E-state index is 6.04. The largest absolute Gasteiger partial charge is 0.372 e. The van der Waals surface area contributed by atoms with Crippen LogP contribution in [0.1, 0.15) is 13.8 Å². The van der Waals surface area contributed by atoms with Crippen LogP contribution in [0.15, 0.2) is 18.5 Å². The SMILES string of the molecule is CC(C)NCCN(C)c1ccncc1Cl. The minimum atomic E-state index is 0.520. The first-order valence-electron chi connectivity index (χ1n) is 5.15. The Morgan fingerprint density at radius 3 is 2.87 bits per heavy atom. The second-order valence-corrected chi connectivity index (χ2v) is 4.26. The van der Waals surface area contributed by atoms with Gasteiger partial charge >= 0.3 is 0 Å². The zero-order valence-electron chi connectivity index (χ0n) is 9.50. The Balaban J connectivity index is 2.47.